The Bertz CT molecular complexity index is 1130. The van der Waals surface area contributed by atoms with Crippen LogP contribution in [-0.2, 0) is 0 Å². The minimum absolute atomic E-state index is 0.0628. The highest BCUT2D eigenvalue weighted by atomic mass is 19.1. The first-order valence-electron chi connectivity index (χ1n) is 10.6. The van der Waals surface area contributed by atoms with E-state index in [1.54, 1.807) is 37.4 Å². The molecule has 168 valence electrons. The SMILES string of the molecule is COc1ccc(-c2cc(C(O)N[C@@H]3CCCC[C@@H]3O)c(=O)n(-c3cccc(F)c3)n2)cc1. The Morgan fingerprint density at radius 1 is 1.16 bits per heavy atom. The smallest absolute Gasteiger partial charge is 0.278 e. The number of benzene rings is 2. The van der Waals surface area contributed by atoms with Gasteiger partial charge in [-0.05, 0) is 61.4 Å². The molecule has 32 heavy (non-hydrogen) atoms. The lowest BCUT2D eigenvalue weighted by Crippen LogP contribution is -2.45. The van der Waals surface area contributed by atoms with Gasteiger partial charge in [0.1, 0.15) is 17.8 Å². The molecular formula is C24H26FN3O4. The summed E-state index contributed by atoms with van der Waals surface area (Å²) in [6.45, 7) is 0. The number of aliphatic hydroxyl groups excluding tert-OH is 2. The zero-order valence-electron chi connectivity index (χ0n) is 17.7. The van der Waals surface area contributed by atoms with Crippen molar-refractivity contribution in [3.05, 3.63) is 76.3 Å². The lowest BCUT2D eigenvalue weighted by molar-refractivity contribution is 0.0423. The van der Waals surface area contributed by atoms with Crippen LogP contribution in [0.15, 0.2) is 59.4 Å². The van der Waals surface area contributed by atoms with Crippen LogP contribution in [0.25, 0.3) is 16.9 Å². The van der Waals surface area contributed by atoms with Crippen molar-refractivity contribution in [1.29, 1.82) is 0 Å². The lowest BCUT2D eigenvalue weighted by Gasteiger charge is -2.30. The lowest BCUT2D eigenvalue weighted by atomic mass is 9.92. The molecule has 0 amide bonds. The van der Waals surface area contributed by atoms with Crippen molar-refractivity contribution in [3.8, 4) is 22.7 Å². The molecule has 0 radical (unpaired) electrons. The normalized spacial score (nSPS) is 19.5. The number of nitrogens with one attached hydrogen (secondary N) is 1. The fourth-order valence-electron chi connectivity index (χ4n) is 3.99. The summed E-state index contributed by atoms with van der Waals surface area (Å²) in [6, 6.07) is 13.9. The van der Waals surface area contributed by atoms with E-state index in [0.29, 0.717) is 29.8 Å². The summed E-state index contributed by atoms with van der Waals surface area (Å²) in [5, 5.41) is 28.6. The van der Waals surface area contributed by atoms with E-state index in [1.165, 1.54) is 24.3 Å². The number of aromatic nitrogens is 2. The van der Waals surface area contributed by atoms with Gasteiger partial charge in [0.05, 0.1) is 30.2 Å². The van der Waals surface area contributed by atoms with Gasteiger partial charge in [-0.3, -0.25) is 10.1 Å². The second kappa shape index (κ2) is 9.60. The summed E-state index contributed by atoms with van der Waals surface area (Å²) in [4.78, 5) is 13.2. The Morgan fingerprint density at radius 2 is 1.91 bits per heavy atom. The number of aliphatic hydroxyl groups is 2. The third kappa shape index (κ3) is 4.72. The molecule has 0 saturated heterocycles. The molecule has 1 unspecified atom stereocenters. The van der Waals surface area contributed by atoms with E-state index in [-0.39, 0.29) is 17.3 Å². The second-order valence-corrected chi connectivity index (χ2v) is 7.94. The van der Waals surface area contributed by atoms with Crippen LogP contribution >= 0.6 is 0 Å². The molecular weight excluding hydrogens is 413 g/mol. The zero-order chi connectivity index (χ0) is 22.7. The Kier molecular flexibility index (Phi) is 6.64. The summed E-state index contributed by atoms with van der Waals surface area (Å²) >= 11 is 0. The molecule has 0 spiro atoms. The molecule has 7 nitrogen and oxygen atoms in total. The molecule has 3 aromatic rings. The van der Waals surface area contributed by atoms with Crippen LogP contribution < -0.4 is 15.6 Å². The number of halogens is 1. The molecule has 3 atom stereocenters. The van der Waals surface area contributed by atoms with Crippen LogP contribution in [0.2, 0.25) is 0 Å². The van der Waals surface area contributed by atoms with Crippen molar-refractivity contribution in [3.63, 3.8) is 0 Å². The highest BCUT2D eigenvalue weighted by Gasteiger charge is 2.27. The van der Waals surface area contributed by atoms with Gasteiger partial charge in [0.15, 0.2) is 0 Å². The maximum atomic E-state index is 13.9. The predicted octanol–water partition coefficient (Wildman–Crippen LogP) is 2.93. The summed E-state index contributed by atoms with van der Waals surface area (Å²) in [5.41, 5.74) is 0.862. The van der Waals surface area contributed by atoms with E-state index in [0.717, 1.165) is 17.5 Å². The molecule has 1 heterocycles. The largest absolute Gasteiger partial charge is 0.497 e. The molecule has 3 N–H and O–H groups in total. The summed E-state index contributed by atoms with van der Waals surface area (Å²) in [6.07, 6.45) is 1.30. The van der Waals surface area contributed by atoms with E-state index < -0.39 is 23.7 Å². The molecule has 4 rings (SSSR count). The third-order valence-corrected chi connectivity index (χ3v) is 5.77. The van der Waals surface area contributed by atoms with Crippen LogP contribution in [0.3, 0.4) is 0 Å². The van der Waals surface area contributed by atoms with Crippen molar-refractivity contribution in [1.82, 2.24) is 15.1 Å². The molecule has 1 aliphatic rings. The summed E-state index contributed by atoms with van der Waals surface area (Å²) < 4.78 is 20.1. The average molecular weight is 439 g/mol. The maximum Gasteiger partial charge on any atom is 0.278 e. The average Bonchev–Trinajstić information content (AvgIpc) is 2.80. The predicted molar refractivity (Wildman–Crippen MR) is 118 cm³/mol. The van der Waals surface area contributed by atoms with Crippen molar-refractivity contribution in [2.45, 2.75) is 44.1 Å². The fourth-order valence-corrected chi connectivity index (χ4v) is 3.99. The van der Waals surface area contributed by atoms with E-state index in [9.17, 15) is 19.4 Å². The van der Waals surface area contributed by atoms with Gasteiger partial charge in [0.2, 0.25) is 0 Å². The summed E-state index contributed by atoms with van der Waals surface area (Å²) in [5.74, 6) is 0.164. The van der Waals surface area contributed by atoms with E-state index >= 15 is 0 Å². The highest BCUT2D eigenvalue weighted by molar-refractivity contribution is 5.60. The number of ether oxygens (including phenoxy) is 1. The van der Waals surface area contributed by atoms with Gasteiger partial charge in [-0.1, -0.05) is 18.9 Å². The second-order valence-electron chi connectivity index (χ2n) is 7.94. The third-order valence-electron chi connectivity index (χ3n) is 5.77. The Morgan fingerprint density at radius 3 is 2.59 bits per heavy atom. The molecule has 0 bridgehead atoms. The van der Waals surface area contributed by atoms with Crippen molar-refractivity contribution < 1.29 is 19.3 Å². The fraction of sp³-hybridized carbons (Fsp3) is 0.333. The first kappa shape index (κ1) is 22.1. The molecule has 1 fully saturated rings. The Hall–Kier alpha value is -3.07. The minimum atomic E-state index is -1.32. The quantitative estimate of drug-likeness (QED) is 0.511. The molecule has 0 aliphatic heterocycles. The molecule has 8 heteroatoms. The van der Waals surface area contributed by atoms with Crippen LogP contribution in [-0.4, -0.2) is 39.2 Å². The van der Waals surface area contributed by atoms with Crippen LogP contribution in [0.4, 0.5) is 4.39 Å². The molecule has 1 saturated carbocycles. The van der Waals surface area contributed by atoms with Crippen LogP contribution in [0.5, 0.6) is 5.75 Å². The van der Waals surface area contributed by atoms with Crippen molar-refractivity contribution >= 4 is 0 Å². The maximum absolute atomic E-state index is 13.9. The highest BCUT2D eigenvalue weighted by Crippen LogP contribution is 2.24. The van der Waals surface area contributed by atoms with Crippen LogP contribution in [0.1, 0.15) is 37.5 Å². The topological polar surface area (TPSA) is 96.6 Å². The number of hydrogen-bond donors (Lipinski definition) is 3. The number of hydrogen-bond acceptors (Lipinski definition) is 6. The van der Waals surface area contributed by atoms with Gasteiger partial charge >= 0.3 is 0 Å². The van der Waals surface area contributed by atoms with Gasteiger partial charge in [0.25, 0.3) is 5.56 Å². The van der Waals surface area contributed by atoms with Crippen LogP contribution in [0, 0.1) is 5.82 Å². The monoisotopic (exact) mass is 439 g/mol. The Labute approximate surface area is 185 Å². The first-order chi connectivity index (χ1) is 15.5. The number of nitrogens with zero attached hydrogens (tertiary/aromatic N) is 2. The number of rotatable bonds is 6. The minimum Gasteiger partial charge on any atom is -0.497 e. The van der Waals surface area contributed by atoms with E-state index in [4.69, 9.17) is 4.74 Å². The molecule has 1 aliphatic carbocycles. The molecule has 2 aromatic carbocycles. The van der Waals surface area contributed by atoms with Gasteiger partial charge in [0, 0.05) is 11.6 Å². The zero-order valence-corrected chi connectivity index (χ0v) is 17.7. The number of methoxy groups -OCH3 is 1. The van der Waals surface area contributed by atoms with Crippen molar-refractivity contribution in [2.75, 3.05) is 7.11 Å². The van der Waals surface area contributed by atoms with E-state index in [2.05, 4.69) is 10.4 Å². The van der Waals surface area contributed by atoms with E-state index in [1.807, 2.05) is 0 Å². The van der Waals surface area contributed by atoms with Gasteiger partial charge in [-0.2, -0.15) is 9.78 Å². The van der Waals surface area contributed by atoms with Gasteiger partial charge < -0.3 is 14.9 Å². The standard InChI is InChI=1S/C24H26FN3O4/c1-32-18-11-9-15(10-12-18)21-14-19(23(30)26-20-7-2-3-8-22(20)29)24(31)28(27-21)17-6-4-5-16(25)13-17/h4-6,9-14,20,22-23,26,29-30H,2-3,7-8H2,1H3/t20-,22+,23?/m1/s1. The molecule has 1 aromatic heterocycles. The summed E-state index contributed by atoms with van der Waals surface area (Å²) in [7, 11) is 1.57. The van der Waals surface area contributed by atoms with Gasteiger partial charge in [-0.15, -0.1) is 0 Å². The van der Waals surface area contributed by atoms with Gasteiger partial charge in [-0.25, -0.2) is 4.39 Å². The van der Waals surface area contributed by atoms with Crippen molar-refractivity contribution in [2.24, 2.45) is 0 Å². The first-order valence-corrected chi connectivity index (χ1v) is 10.6. The Balaban J connectivity index is 1.78.